The molecule has 1 aliphatic rings. The van der Waals surface area contributed by atoms with Crippen molar-refractivity contribution in [2.75, 3.05) is 7.05 Å². The van der Waals surface area contributed by atoms with Gasteiger partial charge in [-0.25, -0.2) is 0 Å². The highest BCUT2D eigenvalue weighted by Gasteiger charge is 2.21. The highest BCUT2D eigenvalue weighted by Crippen LogP contribution is 2.34. The number of nitrogens with one attached hydrogen (secondary N) is 1. The standard InChI is InChI=1S/C14H23NS/c1-15-13(10-9-12-7-8-12)4-2-5-14-6-3-11-16-14/h3,6,11-13,15H,2,4-5,7-10H2,1H3. The first-order chi connectivity index (χ1) is 7.88. The number of rotatable bonds is 8. The van der Waals surface area contributed by atoms with Crippen molar-refractivity contribution in [2.24, 2.45) is 5.92 Å². The summed E-state index contributed by atoms with van der Waals surface area (Å²) >= 11 is 1.89. The van der Waals surface area contributed by atoms with Gasteiger partial charge < -0.3 is 5.32 Å². The second-order valence-corrected chi connectivity index (χ2v) is 6.01. The summed E-state index contributed by atoms with van der Waals surface area (Å²) in [7, 11) is 2.11. The van der Waals surface area contributed by atoms with Gasteiger partial charge in [0.25, 0.3) is 0 Å². The van der Waals surface area contributed by atoms with E-state index in [4.69, 9.17) is 0 Å². The van der Waals surface area contributed by atoms with Gasteiger partial charge in [0.2, 0.25) is 0 Å². The Kier molecular flexibility index (Phi) is 4.86. The maximum atomic E-state index is 3.47. The fourth-order valence-corrected chi connectivity index (χ4v) is 3.01. The third-order valence-corrected chi connectivity index (χ3v) is 4.52. The number of hydrogen-bond donors (Lipinski definition) is 1. The Morgan fingerprint density at radius 1 is 1.44 bits per heavy atom. The molecule has 0 spiro atoms. The molecule has 1 aromatic heterocycles. The Bertz CT molecular complexity index is 277. The zero-order chi connectivity index (χ0) is 11.2. The van der Waals surface area contributed by atoms with Gasteiger partial charge in [-0.2, -0.15) is 0 Å². The van der Waals surface area contributed by atoms with E-state index in [9.17, 15) is 0 Å². The van der Waals surface area contributed by atoms with Gasteiger partial charge in [0.15, 0.2) is 0 Å². The van der Waals surface area contributed by atoms with Crippen LogP contribution in [0.3, 0.4) is 0 Å². The van der Waals surface area contributed by atoms with E-state index in [1.807, 2.05) is 11.3 Å². The zero-order valence-corrected chi connectivity index (χ0v) is 11.1. The second kappa shape index (κ2) is 6.41. The molecule has 1 heterocycles. The number of thiophene rings is 1. The van der Waals surface area contributed by atoms with E-state index in [0.29, 0.717) is 0 Å². The molecule has 1 unspecified atom stereocenters. The molecule has 0 saturated heterocycles. The smallest absolute Gasteiger partial charge is 0.00642 e. The number of aryl methyl sites for hydroxylation is 1. The van der Waals surface area contributed by atoms with E-state index in [1.54, 1.807) is 0 Å². The largest absolute Gasteiger partial charge is 0.317 e. The van der Waals surface area contributed by atoms with Crippen molar-refractivity contribution in [1.29, 1.82) is 0 Å². The fraction of sp³-hybridized carbons (Fsp3) is 0.714. The molecule has 90 valence electrons. The predicted octanol–water partition coefficient (Wildman–Crippen LogP) is 3.85. The molecule has 1 nitrogen and oxygen atoms in total. The van der Waals surface area contributed by atoms with Gasteiger partial charge in [-0.05, 0) is 56.5 Å². The summed E-state index contributed by atoms with van der Waals surface area (Å²) in [5, 5.41) is 5.65. The van der Waals surface area contributed by atoms with Crippen LogP contribution in [0.25, 0.3) is 0 Å². The highest BCUT2D eigenvalue weighted by atomic mass is 32.1. The molecular formula is C14H23NS. The molecule has 1 aliphatic carbocycles. The molecule has 1 fully saturated rings. The summed E-state index contributed by atoms with van der Waals surface area (Å²) in [4.78, 5) is 1.54. The van der Waals surface area contributed by atoms with Gasteiger partial charge in [0.1, 0.15) is 0 Å². The first-order valence-corrected chi connectivity index (χ1v) is 7.46. The molecule has 2 heteroatoms. The highest BCUT2D eigenvalue weighted by molar-refractivity contribution is 7.09. The maximum absolute atomic E-state index is 3.47. The lowest BCUT2D eigenvalue weighted by Crippen LogP contribution is -2.25. The van der Waals surface area contributed by atoms with Crippen molar-refractivity contribution in [3.05, 3.63) is 22.4 Å². The van der Waals surface area contributed by atoms with Crippen molar-refractivity contribution in [3.8, 4) is 0 Å². The lowest BCUT2D eigenvalue weighted by atomic mass is 10.0. The Balaban J connectivity index is 1.58. The first-order valence-electron chi connectivity index (χ1n) is 6.58. The van der Waals surface area contributed by atoms with E-state index in [2.05, 4.69) is 29.9 Å². The predicted molar refractivity (Wildman–Crippen MR) is 72.1 cm³/mol. The van der Waals surface area contributed by atoms with E-state index in [-0.39, 0.29) is 0 Å². The topological polar surface area (TPSA) is 12.0 Å². The molecule has 0 amide bonds. The van der Waals surface area contributed by atoms with E-state index in [1.165, 1.54) is 49.8 Å². The molecule has 0 radical (unpaired) electrons. The van der Waals surface area contributed by atoms with Gasteiger partial charge in [0.05, 0.1) is 0 Å². The fourth-order valence-electron chi connectivity index (χ4n) is 2.25. The lowest BCUT2D eigenvalue weighted by Gasteiger charge is -2.15. The lowest BCUT2D eigenvalue weighted by molar-refractivity contribution is 0.449. The Morgan fingerprint density at radius 2 is 2.31 bits per heavy atom. The summed E-state index contributed by atoms with van der Waals surface area (Å²) in [5.74, 6) is 1.08. The third kappa shape index (κ3) is 4.26. The summed E-state index contributed by atoms with van der Waals surface area (Å²) < 4.78 is 0. The maximum Gasteiger partial charge on any atom is 0.00642 e. The Labute approximate surface area is 103 Å². The molecule has 0 aromatic carbocycles. The molecule has 1 saturated carbocycles. The summed E-state index contributed by atoms with van der Waals surface area (Å²) in [6.45, 7) is 0. The molecule has 0 aliphatic heterocycles. The van der Waals surface area contributed by atoms with Gasteiger partial charge in [-0.1, -0.05) is 18.9 Å². The molecule has 0 bridgehead atoms. The summed E-state index contributed by atoms with van der Waals surface area (Å²) in [5.41, 5.74) is 0. The molecule has 1 aromatic rings. The van der Waals surface area contributed by atoms with Crippen LogP contribution in [0.2, 0.25) is 0 Å². The van der Waals surface area contributed by atoms with Crippen LogP contribution in [0.1, 0.15) is 43.4 Å². The zero-order valence-electron chi connectivity index (χ0n) is 10.2. The van der Waals surface area contributed by atoms with Crippen LogP contribution in [-0.4, -0.2) is 13.1 Å². The van der Waals surface area contributed by atoms with Crippen LogP contribution in [0, 0.1) is 5.92 Å². The van der Waals surface area contributed by atoms with Gasteiger partial charge in [-0.15, -0.1) is 11.3 Å². The van der Waals surface area contributed by atoms with Crippen molar-refractivity contribution in [2.45, 2.75) is 51.0 Å². The minimum absolute atomic E-state index is 0.751. The van der Waals surface area contributed by atoms with Crippen LogP contribution >= 0.6 is 11.3 Å². The first kappa shape index (κ1) is 12.1. The molecular weight excluding hydrogens is 214 g/mol. The van der Waals surface area contributed by atoms with Crippen molar-refractivity contribution in [1.82, 2.24) is 5.32 Å². The number of hydrogen-bond acceptors (Lipinski definition) is 2. The SMILES string of the molecule is CNC(CCCc1cccs1)CCC1CC1. The third-order valence-electron chi connectivity index (χ3n) is 3.58. The molecule has 2 rings (SSSR count). The van der Waals surface area contributed by atoms with Crippen LogP contribution in [0.15, 0.2) is 17.5 Å². The van der Waals surface area contributed by atoms with Crippen molar-refractivity contribution < 1.29 is 0 Å². The van der Waals surface area contributed by atoms with Crippen molar-refractivity contribution in [3.63, 3.8) is 0 Å². The minimum atomic E-state index is 0.751. The Hall–Kier alpha value is -0.340. The average molecular weight is 237 g/mol. The quantitative estimate of drug-likeness (QED) is 0.724. The van der Waals surface area contributed by atoms with Crippen molar-refractivity contribution >= 4 is 11.3 Å². The van der Waals surface area contributed by atoms with Gasteiger partial charge >= 0.3 is 0 Å². The van der Waals surface area contributed by atoms with Crippen LogP contribution in [-0.2, 0) is 6.42 Å². The molecule has 1 atom stereocenters. The van der Waals surface area contributed by atoms with Gasteiger partial charge in [0, 0.05) is 10.9 Å². The monoisotopic (exact) mass is 237 g/mol. The second-order valence-electron chi connectivity index (χ2n) is 4.98. The van der Waals surface area contributed by atoms with Crippen LogP contribution in [0.5, 0.6) is 0 Å². The minimum Gasteiger partial charge on any atom is -0.317 e. The van der Waals surface area contributed by atoms with Crippen LogP contribution < -0.4 is 5.32 Å². The summed E-state index contributed by atoms with van der Waals surface area (Å²) in [6.07, 6.45) is 9.74. The molecule has 1 N–H and O–H groups in total. The van der Waals surface area contributed by atoms with E-state index >= 15 is 0 Å². The van der Waals surface area contributed by atoms with E-state index in [0.717, 1.165) is 12.0 Å². The van der Waals surface area contributed by atoms with Gasteiger partial charge in [-0.3, -0.25) is 0 Å². The Morgan fingerprint density at radius 3 is 2.94 bits per heavy atom. The normalized spacial score (nSPS) is 17.6. The van der Waals surface area contributed by atoms with E-state index < -0.39 is 0 Å². The average Bonchev–Trinajstić information content (AvgIpc) is 2.99. The summed E-state index contributed by atoms with van der Waals surface area (Å²) in [6, 6.07) is 5.16. The van der Waals surface area contributed by atoms with Crippen LogP contribution in [0.4, 0.5) is 0 Å². The molecule has 16 heavy (non-hydrogen) atoms.